The number of carbonyl (C=O) groups is 2. The quantitative estimate of drug-likeness (QED) is 0.0195. The fourth-order valence-electron chi connectivity index (χ4n) is 10.6. The molecule has 1 rings (SSSR count). The number of allylic oxidation sites excluding steroid dienone is 9. The van der Waals surface area contributed by atoms with Crippen LogP contribution in [0.4, 0.5) is 0 Å². The fourth-order valence-corrected chi connectivity index (χ4v) is 10.6. The zero-order valence-electron chi connectivity index (χ0n) is 52.9. The number of esters is 1. The van der Waals surface area contributed by atoms with E-state index in [2.05, 4.69) is 67.8 Å². The van der Waals surface area contributed by atoms with E-state index < -0.39 is 49.5 Å². The molecule has 0 spiro atoms. The molecule has 7 atom stereocenters. The van der Waals surface area contributed by atoms with Crippen LogP contribution in [0.5, 0.6) is 0 Å². The second kappa shape index (κ2) is 60.1. The van der Waals surface area contributed by atoms with E-state index >= 15 is 0 Å². The summed E-state index contributed by atoms with van der Waals surface area (Å²) >= 11 is 0. The molecule has 1 saturated heterocycles. The monoisotopic (exact) mass is 1160 g/mol. The van der Waals surface area contributed by atoms with Crippen molar-refractivity contribution >= 4 is 11.9 Å². The summed E-state index contributed by atoms with van der Waals surface area (Å²) in [4.78, 5) is 25.1. The van der Waals surface area contributed by atoms with Gasteiger partial charge >= 0.3 is 5.97 Å². The molecular formula is C71H129NO10. The predicted molar refractivity (Wildman–Crippen MR) is 343 cm³/mol. The van der Waals surface area contributed by atoms with Gasteiger partial charge in [0.25, 0.3) is 0 Å². The van der Waals surface area contributed by atoms with Crippen molar-refractivity contribution in [1.29, 1.82) is 0 Å². The summed E-state index contributed by atoms with van der Waals surface area (Å²) in [5, 5.41) is 54.3. The Labute approximate surface area is 503 Å². The van der Waals surface area contributed by atoms with E-state index in [1.54, 1.807) is 6.08 Å². The third-order valence-electron chi connectivity index (χ3n) is 16.1. The number of amides is 1. The number of rotatable bonds is 60. The van der Waals surface area contributed by atoms with Crippen molar-refractivity contribution in [3.8, 4) is 0 Å². The third-order valence-corrected chi connectivity index (χ3v) is 16.1. The molecule has 478 valence electrons. The molecule has 0 bridgehead atoms. The Morgan fingerprint density at radius 1 is 0.451 bits per heavy atom. The lowest BCUT2D eigenvalue weighted by molar-refractivity contribution is -0.302. The lowest BCUT2D eigenvalue weighted by Crippen LogP contribution is -2.60. The number of unbranched alkanes of at least 4 members (excludes halogenated alkanes) is 38. The van der Waals surface area contributed by atoms with Crippen LogP contribution in [-0.4, -0.2) is 100 Å². The Bertz CT molecular complexity index is 1550. The minimum Gasteiger partial charge on any atom is -0.466 e. The average Bonchev–Trinajstić information content (AvgIpc) is 3.64. The van der Waals surface area contributed by atoms with Crippen LogP contribution < -0.4 is 5.32 Å². The van der Waals surface area contributed by atoms with Crippen molar-refractivity contribution in [3.63, 3.8) is 0 Å². The van der Waals surface area contributed by atoms with E-state index in [-0.39, 0.29) is 18.5 Å². The van der Waals surface area contributed by atoms with E-state index in [0.717, 1.165) is 70.6 Å². The molecule has 1 aliphatic heterocycles. The van der Waals surface area contributed by atoms with Gasteiger partial charge in [-0.25, -0.2) is 0 Å². The van der Waals surface area contributed by atoms with Crippen LogP contribution in [0.25, 0.3) is 0 Å². The number of nitrogens with one attached hydrogen (secondary N) is 1. The van der Waals surface area contributed by atoms with Gasteiger partial charge in [0.05, 0.1) is 32.0 Å². The number of hydrogen-bond acceptors (Lipinski definition) is 10. The largest absolute Gasteiger partial charge is 0.466 e. The molecule has 6 N–H and O–H groups in total. The summed E-state index contributed by atoms with van der Waals surface area (Å²) in [6.45, 7) is 4.28. The summed E-state index contributed by atoms with van der Waals surface area (Å²) in [6, 6.07) is -0.809. The van der Waals surface area contributed by atoms with Crippen LogP contribution >= 0.6 is 0 Å². The molecule has 0 aromatic carbocycles. The fraction of sp³-hybridized carbons (Fsp3) is 0.831. The maximum absolute atomic E-state index is 13.0. The second-order valence-electron chi connectivity index (χ2n) is 23.9. The number of aliphatic hydroxyl groups excluding tert-OH is 5. The van der Waals surface area contributed by atoms with Gasteiger partial charge in [0.1, 0.15) is 24.4 Å². The number of aliphatic hydroxyl groups is 5. The summed E-state index contributed by atoms with van der Waals surface area (Å²) in [5.74, 6) is -0.193. The van der Waals surface area contributed by atoms with Gasteiger partial charge in [-0.05, 0) is 89.9 Å². The molecule has 1 fully saturated rings. The van der Waals surface area contributed by atoms with Gasteiger partial charge < -0.3 is 45.1 Å². The average molecular weight is 1160 g/mol. The lowest BCUT2D eigenvalue weighted by atomic mass is 9.99. The van der Waals surface area contributed by atoms with Crippen LogP contribution in [0.1, 0.15) is 316 Å². The van der Waals surface area contributed by atoms with Crippen molar-refractivity contribution in [2.45, 2.75) is 358 Å². The van der Waals surface area contributed by atoms with Crippen LogP contribution in [0, 0.1) is 0 Å². The molecule has 0 saturated carbocycles. The second-order valence-corrected chi connectivity index (χ2v) is 23.9. The first-order chi connectivity index (χ1) is 40.2. The zero-order valence-corrected chi connectivity index (χ0v) is 52.9. The summed E-state index contributed by atoms with van der Waals surface area (Å²) in [7, 11) is 0. The van der Waals surface area contributed by atoms with Crippen LogP contribution in [0.2, 0.25) is 0 Å². The minimum absolute atomic E-state index is 0.00987. The van der Waals surface area contributed by atoms with E-state index in [1.165, 1.54) is 218 Å². The van der Waals surface area contributed by atoms with E-state index in [4.69, 9.17) is 14.2 Å². The minimum atomic E-state index is -1.57. The van der Waals surface area contributed by atoms with Gasteiger partial charge in [-0.2, -0.15) is 0 Å². The Morgan fingerprint density at radius 3 is 1.27 bits per heavy atom. The molecule has 0 radical (unpaired) electrons. The third kappa shape index (κ3) is 48.6. The molecule has 7 unspecified atom stereocenters. The summed E-state index contributed by atoms with van der Waals surface area (Å²) < 4.78 is 16.7. The first kappa shape index (κ1) is 77.4. The van der Waals surface area contributed by atoms with Gasteiger partial charge in [-0.3, -0.25) is 9.59 Å². The first-order valence-electron chi connectivity index (χ1n) is 34.6. The Morgan fingerprint density at radius 2 is 0.829 bits per heavy atom. The van der Waals surface area contributed by atoms with Crippen molar-refractivity contribution in [3.05, 3.63) is 60.8 Å². The van der Waals surface area contributed by atoms with Crippen molar-refractivity contribution < 1.29 is 49.3 Å². The lowest BCUT2D eigenvalue weighted by Gasteiger charge is -2.40. The maximum Gasteiger partial charge on any atom is 0.305 e. The Balaban J connectivity index is 1.94. The highest BCUT2D eigenvalue weighted by atomic mass is 16.7. The molecule has 1 aliphatic rings. The topological polar surface area (TPSA) is 175 Å². The van der Waals surface area contributed by atoms with Gasteiger partial charge in [-0.15, -0.1) is 0 Å². The molecule has 1 amide bonds. The number of ether oxygens (including phenoxy) is 3. The summed E-state index contributed by atoms with van der Waals surface area (Å²) in [5.41, 5.74) is 0. The zero-order chi connectivity index (χ0) is 59.5. The van der Waals surface area contributed by atoms with Gasteiger partial charge in [0, 0.05) is 12.8 Å². The van der Waals surface area contributed by atoms with Crippen LogP contribution in [-0.2, 0) is 23.8 Å². The molecule has 11 heteroatoms. The van der Waals surface area contributed by atoms with E-state index in [1.807, 2.05) is 6.08 Å². The molecular weight excluding hydrogens is 1030 g/mol. The highest BCUT2D eigenvalue weighted by molar-refractivity contribution is 5.76. The SMILES string of the molecule is CCCC/C=C\C/C=C\CCCCCCCC(=O)OCCCCCCCCCCC/C=C\C/C=C\CCCCCCCCCCCCCCCCCC(=O)NC(COC1OC(CO)C(O)C(O)C1O)C(O)/C=C/CCCCCCCCC. The molecule has 1 heterocycles. The van der Waals surface area contributed by atoms with Gasteiger partial charge in [-0.1, -0.05) is 274 Å². The van der Waals surface area contributed by atoms with Gasteiger partial charge in [0.2, 0.25) is 5.91 Å². The molecule has 0 aromatic rings. The molecule has 0 aromatic heterocycles. The molecule has 11 nitrogen and oxygen atoms in total. The number of carbonyl (C=O) groups excluding carboxylic acids is 2. The van der Waals surface area contributed by atoms with E-state index in [9.17, 15) is 35.1 Å². The van der Waals surface area contributed by atoms with E-state index in [0.29, 0.717) is 19.4 Å². The summed E-state index contributed by atoms with van der Waals surface area (Å²) in [6.07, 6.45) is 69.4. The van der Waals surface area contributed by atoms with Crippen LogP contribution in [0.3, 0.4) is 0 Å². The smallest absolute Gasteiger partial charge is 0.305 e. The predicted octanol–water partition coefficient (Wildman–Crippen LogP) is 17.3. The van der Waals surface area contributed by atoms with Crippen molar-refractivity contribution in [1.82, 2.24) is 5.32 Å². The highest BCUT2D eigenvalue weighted by Crippen LogP contribution is 2.23. The van der Waals surface area contributed by atoms with Crippen molar-refractivity contribution in [2.24, 2.45) is 0 Å². The highest BCUT2D eigenvalue weighted by Gasteiger charge is 2.44. The Kier molecular flexibility index (Phi) is 56.7. The van der Waals surface area contributed by atoms with Crippen LogP contribution in [0.15, 0.2) is 60.8 Å². The Hall–Kier alpha value is -2.64. The molecule has 82 heavy (non-hydrogen) atoms. The normalized spacial score (nSPS) is 18.5. The number of hydrogen-bond donors (Lipinski definition) is 6. The standard InChI is InChI=1S/C71H129NO10/c1-3-5-7-9-11-13-14-15-36-39-43-47-51-55-59-67(76)80-60-56-52-48-44-40-37-34-32-30-28-26-24-22-20-18-16-17-19-21-23-25-27-29-31-33-35-38-42-46-50-54-58-66(75)72-63(64(74)57-53-49-45-41-12-10-8-6-4-2)62-81-71-70(79)69(78)68(77)65(61-73)82-71/h9,11,14-15,18,20,24,26,53,57,63-65,68-71,73-74,77-79H,3-8,10,12-13,16-17,19,21-23,25,27-52,54-56,58-62H2,1-2H3,(H,72,75)/b11-9-,15-14-,20-18-,26-24-,57-53+. The van der Waals surface area contributed by atoms with Gasteiger partial charge in [0.15, 0.2) is 6.29 Å². The van der Waals surface area contributed by atoms with Crippen molar-refractivity contribution in [2.75, 3.05) is 19.8 Å². The molecule has 0 aliphatic carbocycles. The first-order valence-corrected chi connectivity index (χ1v) is 34.6. The maximum atomic E-state index is 13.0.